The molecule has 2 rings (SSSR count). The highest BCUT2D eigenvalue weighted by molar-refractivity contribution is 7.53. The first kappa shape index (κ1) is 30.3. The molecule has 0 radical (unpaired) electrons. The van der Waals surface area contributed by atoms with Crippen LogP contribution in [0.2, 0.25) is 0 Å². The Balaban J connectivity index is 2.10. The normalized spacial score (nSPS) is 22.1. The predicted molar refractivity (Wildman–Crippen MR) is 133 cm³/mol. The molecule has 1 saturated carbocycles. The first-order valence-electron chi connectivity index (χ1n) is 13.2. The summed E-state index contributed by atoms with van der Waals surface area (Å²) in [6.07, 6.45) is 5.32. The second-order valence-electron chi connectivity index (χ2n) is 9.84. The van der Waals surface area contributed by atoms with E-state index in [0.717, 1.165) is 30.6 Å². The smallest absolute Gasteiger partial charge is 0.350 e. The van der Waals surface area contributed by atoms with Crippen LogP contribution in [0.15, 0.2) is 0 Å². The van der Waals surface area contributed by atoms with Gasteiger partial charge in [0.25, 0.3) is 5.91 Å². The summed E-state index contributed by atoms with van der Waals surface area (Å²) in [6, 6.07) is -1.82. The molecule has 12 heteroatoms. The largest absolute Gasteiger partial charge is 0.480 e. The second-order valence-corrected chi connectivity index (χ2v) is 11.8. The van der Waals surface area contributed by atoms with Gasteiger partial charge < -0.3 is 25.5 Å². The van der Waals surface area contributed by atoms with Gasteiger partial charge in [-0.25, -0.2) is 4.79 Å². The summed E-state index contributed by atoms with van der Waals surface area (Å²) in [5, 5.41) is 14.8. The highest BCUT2D eigenvalue weighted by Gasteiger charge is 2.42. The SMILES string of the molecule is CCCCC(NC(=O)C1CCC1)C(=O)NC(CCCC)P(=O)(O)O[C@@H](C)C(=O)N1CCC[C@H]1C(=O)O. The Kier molecular flexibility index (Phi) is 11.8. The van der Waals surface area contributed by atoms with E-state index in [0.29, 0.717) is 38.5 Å². The second kappa shape index (κ2) is 14.1. The number of rotatable bonds is 15. The summed E-state index contributed by atoms with van der Waals surface area (Å²) < 4.78 is 18.6. The lowest BCUT2D eigenvalue weighted by Gasteiger charge is -2.31. The van der Waals surface area contributed by atoms with Crippen molar-refractivity contribution in [3.63, 3.8) is 0 Å². The fourth-order valence-electron chi connectivity index (χ4n) is 4.48. The van der Waals surface area contributed by atoms with E-state index in [-0.39, 0.29) is 24.8 Å². The molecule has 0 aromatic heterocycles. The molecule has 0 aromatic carbocycles. The van der Waals surface area contributed by atoms with Crippen LogP contribution in [-0.2, 0) is 28.3 Å². The van der Waals surface area contributed by atoms with Crippen LogP contribution in [0.25, 0.3) is 0 Å². The van der Waals surface area contributed by atoms with E-state index >= 15 is 0 Å². The van der Waals surface area contributed by atoms with Crippen molar-refractivity contribution in [2.75, 3.05) is 6.54 Å². The van der Waals surface area contributed by atoms with Gasteiger partial charge in [-0.1, -0.05) is 46.0 Å². The zero-order valence-corrected chi connectivity index (χ0v) is 22.5. The highest BCUT2D eigenvalue weighted by Crippen LogP contribution is 2.49. The van der Waals surface area contributed by atoms with E-state index < -0.39 is 49.4 Å². The molecule has 1 aliphatic carbocycles. The van der Waals surface area contributed by atoms with E-state index in [1.165, 1.54) is 6.92 Å². The molecule has 5 atom stereocenters. The number of carboxylic acids is 1. The van der Waals surface area contributed by atoms with Gasteiger partial charge in [-0.3, -0.25) is 23.5 Å². The molecule has 1 saturated heterocycles. The monoisotopic (exact) mass is 531 g/mol. The van der Waals surface area contributed by atoms with Crippen molar-refractivity contribution < 1.29 is 38.3 Å². The average Bonchev–Trinajstić information content (AvgIpc) is 3.27. The number of likely N-dealkylation sites (tertiary alicyclic amines) is 1. The molecule has 2 fully saturated rings. The van der Waals surface area contributed by atoms with Crippen LogP contribution < -0.4 is 10.6 Å². The molecule has 11 nitrogen and oxygen atoms in total. The maximum Gasteiger partial charge on any atom is 0.350 e. The third-order valence-electron chi connectivity index (χ3n) is 6.97. The lowest BCUT2D eigenvalue weighted by Crippen LogP contribution is -2.51. The van der Waals surface area contributed by atoms with E-state index in [4.69, 9.17) is 4.52 Å². The number of carboxylic acid groups (broad SMARTS) is 1. The zero-order chi connectivity index (χ0) is 26.9. The number of aliphatic carboxylic acids is 1. The number of hydrogen-bond acceptors (Lipinski definition) is 6. The maximum absolute atomic E-state index is 13.3. The van der Waals surface area contributed by atoms with Crippen molar-refractivity contribution in [3.05, 3.63) is 0 Å². The van der Waals surface area contributed by atoms with Crippen LogP contribution in [0.3, 0.4) is 0 Å². The van der Waals surface area contributed by atoms with Gasteiger partial charge in [0.15, 0.2) is 0 Å². The number of unbranched alkanes of at least 4 members (excludes halogenated alkanes) is 2. The van der Waals surface area contributed by atoms with Gasteiger partial charge in [-0.05, 0) is 45.4 Å². The van der Waals surface area contributed by atoms with Crippen molar-refractivity contribution in [1.29, 1.82) is 0 Å². The summed E-state index contributed by atoms with van der Waals surface area (Å²) in [5.41, 5.74) is 0. The fraction of sp³-hybridized carbons (Fsp3) is 0.833. The topological polar surface area (TPSA) is 162 Å². The first-order chi connectivity index (χ1) is 17.0. The van der Waals surface area contributed by atoms with Crippen LogP contribution in [-0.4, -0.2) is 69.1 Å². The summed E-state index contributed by atoms with van der Waals surface area (Å²) in [7, 11) is -4.53. The minimum atomic E-state index is -4.53. The molecule has 1 heterocycles. The number of nitrogens with one attached hydrogen (secondary N) is 2. The number of nitrogens with zero attached hydrogens (tertiary/aromatic N) is 1. The molecule has 206 valence electrons. The van der Waals surface area contributed by atoms with E-state index in [9.17, 15) is 33.7 Å². The summed E-state index contributed by atoms with van der Waals surface area (Å²) in [4.78, 5) is 61.8. The molecule has 0 bridgehead atoms. The molecule has 36 heavy (non-hydrogen) atoms. The summed E-state index contributed by atoms with van der Waals surface area (Å²) in [6.45, 7) is 5.41. The van der Waals surface area contributed by atoms with Crippen LogP contribution in [0.1, 0.15) is 91.4 Å². The number of hydrogen-bond donors (Lipinski definition) is 4. The van der Waals surface area contributed by atoms with Gasteiger partial charge in [0, 0.05) is 12.5 Å². The standard InChI is InChI=1S/C24H42N3O8P/c1-4-6-12-18(25-21(28)17-10-8-11-17)22(29)26-20(14-7-5-2)36(33,34)35-16(3)23(30)27-15-9-13-19(27)24(31)32/h16-20H,4-15H2,1-3H3,(H,25,28)(H,26,29)(H,31,32)(H,33,34)/t16-,18?,19-,20?/m0/s1. The third kappa shape index (κ3) is 8.28. The number of carbonyl (C=O) groups excluding carboxylic acids is 3. The Hall–Kier alpha value is -1.97. The van der Waals surface area contributed by atoms with Gasteiger partial charge in [0.05, 0.1) is 0 Å². The Morgan fingerprint density at radius 1 is 1.03 bits per heavy atom. The number of amides is 3. The van der Waals surface area contributed by atoms with Crippen molar-refractivity contribution >= 4 is 31.3 Å². The molecular formula is C24H42N3O8P. The Labute approximate surface area is 213 Å². The minimum absolute atomic E-state index is 0.0998. The van der Waals surface area contributed by atoms with Gasteiger partial charge in [-0.15, -0.1) is 0 Å². The van der Waals surface area contributed by atoms with Gasteiger partial charge >= 0.3 is 13.6 Å². The molecule has 1 aliphatic heterocycles. The van der Waals surface area contributed by atoms with Gasteiger partial charge in [-0.2, -0.15) is 0 Å². The van der Waals surface area contributed by atoms with E-state index in [2.05, 4.69) is 10.6 Å². The number of carbonyl (C=O) groups is 4. The summed E-state index contributed by atoms with van der Waals surface area (Å²) >= 11 is 0. The Bertz CT molecular complexity index is 834. The predicted octanol–water partition coefficient (Wildman–Crippen LogP) is 2.76. The molecular weight excluding hydrogens is 489 g/mol. The first-order valence-corrected chi connectivity index (χ1v) is 14.8. The van der Waals surface area contributed by atoms with Crippen LogP contribution in [0, 0.1) is 5.92 Å². The molecule has 3 amide bonds. The van der Waals surface area contributed by atoms with Gasteiger partial charge in [0.2, 0.25) is 11.8 Å². The zero-order valence-electron chi connectivity index (χ0n) is 21.6. The van der Waals surface area contributed by atoms with Gasteiger partial charge in [0.1, 0.15) is 24.0 Å². The van der Waals surface area contributed by atoms with Crippen molar-refractivity contribution in [3.8, 4) is 0 Å². The molecule has 4 N–H and O–H groups in total. The minimum Gasteiger partial charge on any atom is -0.480 e. The van der Waals surface area contributed by atoms with E-state index in [1.54, 1.807) is 0 Å². The quantitative estimate of drug-likeness (QED) is 0.235. The molecule has 3 unspecified atom stereocenters. The van der Waals surface area contributed by atoms with Crippen molar-refractivity contribution in [2.24, 2.45) is 5.92 Å². The third-order valence-corrected chi connectivity index (χ3v) is 8.76. The van der Waals surface area contributed by atoms with E-state index in [1.807, 2.05) is 13.8 Å². The lowest BCUT2D eigenvalue weighted by atomic mass is 9.84. The van der Waals surface area contributed by atoms with Crippen LogP contribution in [0.4, 0.5) is 0 Å². The average molecular weight is 532 g/mol. The maximum atomic E-state index is 13.3. The molecule has 0 aromatic rings. The fourth-order valence-corrected chi connectivity index (χ4v) is 5.97. The van der Waals surface area contributed by atoms with Crippen LogP contribution >= 0.6 is 7.60 Å². The van der Waals surface area contributed by atoms with Crippen LogP contribution in [0.5, 0.6) is 0 Å². The molecule has 0 spiro atoms. The lowest BCUT2D eigenvalue weighted by molar-refractivity contribution is -0.151. The Morgan fingerprint density at radius 2 is 1.67 bits per heavy atom. The van der Waals surface area contributed by atoms with Crippen molar-refractivity contribution in [2.45, 2.75) is 115 Å². The molecule has 2 aliphatic rings. The Morgan fingerprint density at radius 3 is 2.22 bits per heavy atom. The van der Waals surface area contributed by atoms with Crippen molar-refractivity contribution in [1.82, 2.24) is 15.5 Å². The highest BCUT2D eigenvalue weighted by atomic mass is 31.2. The summed E-state index contributed by atoms with van der Waals surface area (Å²) in [5.74, 6) is -3.90.